The maximum Gasteiger partial charge on any atom is -0.0130 e. The molecule has 0 spiro atoms. The van der Waals surface area contributed by atoms with Crippen molar-refractivity contribution in [1.29, 1.82) is 0 Å². The third kappa shape index (κ3) is 4.77. The van der Waals surface area contributed by atoms with Crippen molar-refractivity contribution < 1.29 is 0 Å². The van der Waals surface area contributed by atoms with E-state index in [1.807, 2.05) is 0 Å². The summed E-state index contributed by atoms with van der Waals surface area (Å²) < 4.78 is 0. The first-order valence-corrected chi connectivity index (χ1v) is 7.01. The smallest absolute Gasteiger partial charge is 0.0130 e. The third-order valence-electron chi connectivity index (χ3n) is 3.42. The highest BCUT2D eigenvalue weighted by molar-refractivity contribution is 5.26. The molecule has 0 bridgehead atoms. The molecule has 0 saturated heterocycles. The van der Waals surface area contributed by atoms with E-state index in [0.717, 1.165) is 0 Å². The molecule has 0 aliphatic heterocycles. The number of allylic oxidation sites excluding steroid dienone is 2. The number of unbranched alkanes of at least 4 members (excludes halogenated alkanes) is 1. The van der Waals surface area contributed by atoms with E-state index in [-0.39, 0.29) is 0 Å². The van der Waals surface area contributed by atoms with Crippen LogP contribution in [0, 0.1) is 0 Å². The van der Waals surface area contributed by atoms with Crippen LogP contribution < -0.4 is 0 Å². The maximum absolute atomic E-state index is 2.32. The summed E-state index contributed by atoms with van der Waals surface area (Å²) in [6.45, 7) is 6.62. The lowest BCUT2D eigenvalue weighted by Gasteiger charge is -2.13. The molecule has 0 aromatic heterocycles. The fourth-order valence-electron chi connectivity index (χ4n) is 2.18. The van der Waals surface area contributed by atoms with Gasteiger partial charge in [-0.05, 0) is 49.7 Å². The third-order valence-corrected chi connectivity index (χ3v) is 3.42. The molecule has 0 aliphatic rings. The van der Waals surface area contributed by atoms with Gasteiger partial charge in [-0.25, -0.2) is 0 Å². The fourth-order valence-corrected chi connectivity index (χ4v) is 2.18. The summed E-state index contributed by atoms with van der Waals surface area (Å²) in [5, 5.41) is 0. The van der Waals surface area contributed by atoms with Crippen LogP contribution in [-0.4, -0.2) is 0 Å². The van der Waals surface area contributed by atoms with E-state index in [1.54, 1.807) is 0 Å². The Hall–Kier alpha value is -1.04. The van der Waals surface area contributed by atoms with Crippen molar-refractivity contribution in [3.8, 4) is 0 Å². The minimum atomic E-state index is 0.687. The summed E-state index contributed by atoms with van der Waals surface area (Å²) in [4.78, 5) is 0. The normalized spacial score (nSPS) is 13.1. The van der Waals surface area contributed by atoms with Crippen LogP contribution in [0.2, 0.25) is 0 Å². The molecule has 0 heterocycles. The van der Waals surface area contributed by atoms with Crippen LogP contribution in [0.4, 0.5) is 0 Å². The Labute approximate surface area is 107 Å². The molecular formula is C17H26. The number of hydrogen-bond donors (Lipinski definition) is 0. The van der Waals surface area contributed by atoms with Crippen molar-refractivity contribution in [2.45, 2.75) is 58.8 Å². The van der Waals surface area contributed by atoms with Gasteiger partial charge in [0.05, 0.1) is 0 Å². The quantitative estimate of drug-likeness (QED) is 0.543. The number of rotatable bonds is 7. The zero-order chi connectivity index (χ0) is 12.5. The van der Waals surface area contributed by atoms with Gasteiger partial charge < -0.3 is 0 Å². The molecular weight excluding hydrogens is 204 g/mol. The molecule has 0 N–H and O–H groups in total. The molecule has 0 amide bonds. The van der Waals surface area contributed by atoms with Crippen molar-refractivity contribution >= 4 is 0 Å². The first-order chi connectivity index (χ1) is 8.31. The Balaban J connectivity index is 2.64. The molecule has 0 fully saturated rings. The molecule has 1 aromatic rings. The van der Waals surface area contributed by atoms with Crippen LogP contribution >= 0.6 is 0 Å². The van der Waals surface area contributed by atoms with Gasteiger partial charge in [-0.1, -0.05) is 56.7 Å². The second-order valence-electron chi connectivity index (χ2n) is 4.76. The topological polar surface area (TPSA) is 0 Å². The number of benzene rings is 1. The van der Waals surface area contributed by atoms with E-state index in [2.05, 4.69) is 57.2 Å². The van der Waals surface area contributed by atoms with Gasteiger partial charge in [0.2, 0.25) is 0 Å². The Bertz CT molecular complexity index is 318. The zero-order valence-corrected chi connectivity index (χ0v) is 11.6. The van der Waals surface area contributed by atoms with Gasteiger partial charge in [0.25, 0.3) is 0 Å². The van der Waals surface area contributed by atoms with Gasteiger partial charge in [0, 0.05) is 0 Å². The van der Waals surface area contributed by atoms with Gasteiger partial charge in [-0.2, -0.15) is 0 Å². The number of aryl methyl sites for hydroxylation is 1. The van der Waals surface area contributed by atoms with Crippen molar-refractivity contribution in [3.05, 3.63) is 47.5 Å². The molecule has 1 atom stereocenters. The Morgan fingerprint density at radius 2 is 1.82 bits per heavy atom. The molecule has 0 heteroatoms. The SMILES string of the molecule is C/C=C\CC(CC)c1ccc(CCCC)cc1. The van der Waals surface area contributed by atoms with Crippen molar-refractivity contribution in [1.82, 2.24) is 0 Å². The summed E-state index contributed by atoms with van der Waals surface area (Å²) in [6.07, 6.45) is 10.6. The second-order valence-corrected chi connectivity index (χ2v) is 4.76. The molecule has 1 aromatic carbocycles. The van der Waals surface area contributed by atoms with Gasteiger partial charge in [-0.3, -0.25) is 0 Å². The van der Waals surface area contributed by atoms with Crippen molar-refractivity contribution in [3.63, 3.8) is 0 Å². The summed E-state index contributed by atoms with van der Waals surface area (Å²) in [5.74, 6) is 0.687. The van der Waals surface area contributed by atoms with Gasteiger partial charge in [0.1, 0.15) is 0 Å². The molecule has 94 valence electrons. The van der Waals surface area contributed by atoms with Gasteiger partial charge >= 0.3 is 0 Å². The Morgan fingerprint density at radius 3 is 2.35 bits per heavy atom. The lowest BCUT2D eigenvalue weighted by atomic mass is 9.92. The maximum atomic E-state index is 2.32. The lowest BCUT2D eigenvalue weighted by molar-refractivity contribution is 0.673. The molecule has 0 radical (unpaired) electrons. The Morgan fingerprint density at radius 1 is 1.12 bits per heavy atom. The average Bonchev–Trinajstić information content (AvgIpc) is 2.38. The summed E-state index contributed by atoms with van der Waals surface area (Å²) in [7, 11) is 0. The van der Waals surface area contributed by atoms with E-state index in [4.69, 9.17) is 0 Å². The highest BCUT2D eigenvalue weighted by Gasteiger charge is 2.06. The monoisotopic (exact) mass is 230 g/mol. The fraction of sp³-hybridized carbons (Fsp3) is 0.529. The number of hydrogen-bond acceptors (Lipinski definition) is 0. The van der Waals surface area contributed by atoms with Crippen molar-refractivity contribution in [2.75, 3.05) is 0 Å². The van der Waals surface area contributed by atoms with Crippen LogP contribution in [0.25, 0.3) is 0 Å². The predicted octanol–water partition coefficient (Wildman–Crippen LogP) is 5.49. The second kappa shape index (κ2) is 8.11. The lowest BCUT2D eigenvalue weighted by Crippen LogP contribution is -1.96. The van der Waals surface area contributed by atoms with Crippen LogP contribution in [0.5, 0.6) is 0 Å². The molecule has 0 saturated carbocycles. The minimum absolute atomic E-state index is 0.687. The standard InChI is InChI=1S/C17H26/c1-4-7-9-15-11-13-17(14-12-15)16(6-3)10-8-5-2/h5,8,11-14,16H,4,6-7,9-10H2,1-3H3/b8-5-. The van der Waals surface area contributed by atoms with Gasteiger partial charge in [0.15, 0.2) is 0 Å². The molecule has 0 nitrogen and oxygen atoms in total. The molecule has 1 unspecified atom stereocenters. The summed E-state index contributed by atoms with van der Waals surface area (Å²) in [6, 6.07) is 9.26. The highest BCUT2D eigenvalue weighted by atomic mass is 14.1. The highest BCUT2D eigenvalue weighted by Crippen LogP contribution is 2.24. The van der Waals surface area contributed by atoms with Crippen LogP contribution in [0.3, 0.4) is 0 Å². The first kappa shape index (κ1) is 14.0. The zero-order valence-electron chi connectivity index (χ0n) is 11.6. The van der Waals surface area contributed by atoms with E-state index in [0.29, 0.717) is 5.92 Å². The average molecular weight is 230 g/mol. The van der Waals surface area contributed by atoms with Crippen LogP contribution in [0.1, 0.15) is 63.5 Å². The minimum Gasteiger partial charge on any atom is -0.0916 e. The van der Waals surface area contributed by atoms with E-state index in [1.165, 1.54) is 43.2 Å². The molecule has 0 aliphatic carbocycles. The van der Waals surface area contributed by atoms with Gasteiger partial charge in [-0.15, -0.1) is 0 Å². The summed E-state index contributed by atoms with van der Waals surface area (Å²) >= 11 is 0. The van der Waals surface area contributed by atoms with E-state index < -0.39 is 0 Å². The van der Waals surface area contributed by atoms with Crippen LogP contribution in [-0.2, 0) is 6.42 Å². The Kier molecular flexibility index (Phi) is 6.69. The van der Waals surface area contributed by atoms with Crippen LogP contribution in [0.15, 0.2) is 36.4 Å². The van der Waals surface area contributed by atoms with E-state index in [9.17, 15) is 0 Å². The molecule has 1 rings (SSSR count). The predicted molar refractivity (Wildman–Crippen MR) is 77.5 cm³/mol. The summed E-state index contributed by atoms with van der Waals surface area (Å²) in [5.41, 5.74) is 2.97. The van der Waals surface area contributed by atoms with Crippen molar-refractivity contribution in [2.24, 2.45) is 0 Å². The largest absolute Gasteiger partial charge is 0.0916 e. The first-order valence-electron chi connectivity index (χ1n) is 7.01. The molecule has 17 heavy (non-hydrogen) atoms. The van der Waals surface area contributed by atoms with E-state index >= 15 is 0 Å².